The number of aromatic amines is 1. The number of nitrogens with zero attached hydrogens (tertiary/aromatic N) is 3. The Bertz CT molecular complexity index is 1080. The van der Waals surface area contributed by atoms with Crippen LogP contribution in [0.25, 0.3) is 0 Å². The van der Waals surface area contributed by atoms with E-state index in [1.165, 1.54) is 70.6 Å². The molecule has 0 radical (unpaired) electrons. The van der Waals surface area contributed by atoms with Crippen LogP contribution in [0.15, 0.2) is 15.5 Å². The van der Waals surface area contributed by atoms with Gasteiger partial charge in [-0.05, 0) is 68.1 Å². The van der Waals surface area contributed by atoms with E-state index in [0.29, 0.717) is 54.6 Å². The van der Waals surface area contributed by atoms with Crippen LogP contribution in [0.3, 0.4) is 0 Å². The predicted octanol–water partition coefficient (Wildman–Crippen LogP) is 3.71. The molecule has 2 heterocycles. The molecule has 4 aliphatic carbocycles. The summed E-state index contributed by atoms with van der Waals surface area (Å²) in [5, 5.41) is 11.7. The summed E-state index contributed by atoms with van der Waals surface area (Å²) >= 11 is 0. The fraction of sp³-hybridized carbons (Fsp3) is 0.769. The van der Waals surface area contributed by atoms with E-state index in [4.69, 9.17) is 4.74 Å². The van der Waals surface area contributed by atoms with Gasteiger partial charge in [0.15, 0.2) is 5.82 Å². The molecule has 6 rings (SSSR count). The van der Waals surface area contributed by atoms with Crippen LogP contribution < -0.4 is 15.8 Å². The van der Waals surface area contributed by atoms with Crippen molar-refractivity contribution in [2.45, 2.75) is 89.6 Å². The van der Waals surface area contributed by atoms with Crippen molar-refractivity contribution in [3.05, 3.63) is 28.1 Å². The monoisotopic (exact) mass is 483 g/mol. The number of carbonyl (C=O) groups excluding carboxylic acids is 1. The molecule has 2 aromatic heterocycles. The second-order valence-electron chi connectivity index (χ2n) is 11.4. The van der Waals surface area contributed by atoms with Crippen molar-refractivity contribution < 1.29 is 14.1 Å². The Labute approximate surface area is 205 Å². The van der Waals surface area contributed by atoms with Crippen LogP contribution >= 0.6 is 0 Å². The van der Waals surface area contributed by atoms with Crippen LogP contribution in [0.2, 0.25) is 0 Å². The minimum atomic E-state index is -0.568. The number of aryl methyl sites for hydroxylation is 2. The van der Waals surface area contributed by atoms with E-state index in [-0.39, 0.29) is 11.9 Å². The van der Waals surface area contributed by atoms with E-state index < -0.39 is 5.76 Å². The van der Waals surface area contributed by atoms with Crippen molar-refractivity contribution in [3.63, 3.8) is 0 Å². The van der Waals surface area contributed by atoms with E-state index >= 15 is 0 Å². The lowest BCUT2D eigenvalue weighted by molar-refractivity contribution is 0.0900. The third kappa shape index (κ3) is 4.78. The van der Waals surface area contributed by atoms with Crippen molar-refractivity contribution >= 4 is 5.91 Å². The molecule has 3 bridgehead atoms. The molecule has 5 unspecified atom stereocenters. The standard InChI is InChI=1S/C26H37N5O4/c32-24(29-23-19-12-17-7-4-8-20(23)18(11-17)13-19)21-14-27-31(10-9-22-28-26(33)35-30-22)25(21)34-15-16-5-2-1-3-6-16/h14,16-20,23H,1-13,15H2,(H,29,32)(H,28,30,33). The Kier molecular flexibility index (Phi) is 6.41. The highest BCUT2D eigenvalue weighted by atomic mass is 16.5. The Morgan fingerprint density at radius 3 is 2.80 bits per heavy atom. The number of hydrogen-bond donors (Lipinski definition) is 2. The number of fused-ring (bicyclic) bond motifs is 2. The average molecular weight is 484 g/mol. The third-order valence-corrected chi connectivity index (χ3v) is 9.16. The van der Waals surface area contributed by atoms with Crippen molar-refractivity contribution in [1.82, 2.24) is 25.2 Å². The van der Waals surface area contributed by atoms with Gasteiger partial charge in [-0.3, -0.25) is 14.3 Å². The maximum absolute atomic E-state index is 13.6. The molecule has 5 atom stereocenters. The Balaban J connectivity index is 1.19. The summed E-state index contributed by atoms with van der Waals surface area (Å²) in [6.45, 7) is 1.04. The molecule has 0 aliphatic heterocycles. The van der Waals surface area contributed by atoms with Crippen molar-refractivity contribution in [2.24, 2.45) is 29.6 Å². The summed E-state index contributed by atoms with van der Waals surface area (Å²) in [5.41, 5.74) is 0.517. The van der Waals surface area contributed by atoms with Crippen LogP contribution in [0.4, 0.5) is 0 Å². The van der Waals surface area contributed by atoms with Gasteiger partial charge < -0.3 is 10.1 Å². The Hall–Kier alpha value is -2.58. The molecule has 190 valence electrons. The van der Waals surface area contributed by atoms with Gasteiger partial charge in [0.1, 0.15) is 5.56 Å². The van der Waals surface area contributed by atoms with Crippen LogP contribution in [0.1, 0.15) is 86.8 Å². The van der Waals surface area contributed by atoms with Crippen LogP contribution in [0.5, 0.6) is 5.88 Å². The Morgan fingerprint density at radius 1 is 1.11 bits per heavy atom. The minimum absolute atomic E-state index is 0.0654. The molecule has 0 aromatic carbocycles. The lowest BCUT2D eigenvalue weighted by Gasteiger charge is -2.30. The zero-order chi connectivity index (χ0) is 23.8. The van der Waals surface area contributed by atoms with Gasteiger partial charge >= 0.3 is 5.76 Å². The lowest BCUT2D eigenvalue weighted by atomic mass is 9.79. The maximum atomic E-state index is 13.6. The van der Waals surface area contributed by atoms with E-state index in [9.17, 15) is 9.59 Å². The Morgan fingerprint density at radius 2 is 1.97 bits per heavy atom. The van der Waals surface area contributed by atoms with E-state index in [0.717, 1.165) is 11.8 Å². The van der Waals surface area contributed by atoms with E-state index in [1.54, 1.807) is 10.9 Å². The van der Waals surface area contributed by atoms with E-state index in [2.05, 4.69) is 25.1 Å². The van der Waals surface area contributed by atoms with Gasteiger partial charge in [0.25, 0.3) is 5.91 Å². The molecule has 1 amide bonds. The van der Waals surface area contributed by atoms with Crippen LogP contribution in [-0.4, -0.2) is 38.5 Å². The number of ether oxygens (including phenoxy) is 1. The smallest absolute Gasteiger partial charge is 0.438 e. The first-order chi connectivity index (χ1) is 17.1. The number of nitrogens with one attached hydrogen (secondary N) is 2. The number of H-pyrrole nitrogens is 1. The first-order valence-electron chi connectivity index (χ1n) is 13.7. The molecular weight excluding hydrogens is 446 g/mol. The number of rotatable bonds is 8. The fourth-order valence-corrected chi connectivity index (χ4v) is 7.54. The van der Waals surface area contributed by atoms with Gasteiger partial charge in [-0.1, -0.05) is 37.3 Å². The second kappa shape index (κ2) is 9.82. The lowest BCUT2D eigenvalue weighted by Crippen LogP contribution is -2.42. The first kappa shape index (κ1) is 22.9. The molecular formula is C26H37N5O4. The van der Waals surface area contributed by atoms with Gasteiger partial charge in [-0.25, -0.2) is 9.48 Å². The zero-order valence-electron chi connectivity index (χ0n) is 20.4. The van der Waals surface area contributed by atoms with Crippen molar-refractivity contribution in [3.8, 4) is 5.88 Å². The second-order valence-corrected chi connectivity index (χ2v) is 11.4. The summed E-state index contributed by atoms with van der Waals surface area (Å²) in [6.07, 6.45) is 16.0. The molecule has 0 spiro atoms. The summed E-state index contributed by atoms with van der Waals surface area (Å²) in [4.78, 5) is 27.4. The largest absolute Gasteiger partial charge is 0.477 e. The van der Waals surface area contributed by atoms with Crippen molar-refractivity contribution in [2.75, 3.05) is 6.61 Å². The quantitative estimate of drug-likeness (QED) is 0.592. The van der Waals surface area contributed by atoms with Gasteiger partial charge in [-0.15, -0.1) is 0 Å². The molecule has 9 heteroatoms. The molecule has 2 N–H and O–H groups in total. The zero-order valence-corrected chi connectivity index (χ0v) is 20.4. The number of amides is 1. The van der Waals surface area contributed by atoms with Crippen LogP contribution in [-0.2, 0) is 13.0 Å². The predicted molar refractivity (Wildman–Crippen MR) is 128 cm³/mol. The van der Waals surface area contributed by atoms with Gasteiger partial charge in [0.05, 0.1) is 19.3 Å². The number of carbonyl (C=O) groups is 1. The minimum Gasteiger partial charge on any atom is -0.477 e. The third-order valence-electron chi connectivity index (χ3n) is 9.16. The van der Waals surface area contributed by atoms with E-state index in [1.807, 2.05) is 0 Å². The fourth-order valence-electron chi connectivity index (χ4n) is 7.54. The highest BCUT2D eigenvalue weighted by molar-refractivity contribution is 5.96. The summed E-state index contributed by atoms with van der Waals surface area (Å²) in [5.74, 6) is 3.72. The normalized spacial score (nSPS) is 30.3. The molecule has 35 heavy (non-hydrogen) atoms. The molecule has 2 aromatic rings. The summed E-state index contributed by atoms with van der Waals surface area (Å²) in [7, 11) is 0. The molecule has 4 aliphatic rings. The number of hydrogen-bond acceptors (Lipinski definition) is 6. The van der Waals surface area contributed by atoms with Gasteiger partial charge in [0.2, 0.25) is 5.88 Å². The summed E-state index contributed by atoms with van der Waals surface area (Å²) < 4.78 is 12.7. The van der Waals surface area contributed by atoms with Crippen LogP contribution in [0, 0.1) is 29.6 Å². The molecule has 4 fully saturated rings. The summed E-state index contributed by atoms with van der Waals surface area (Å²) in [6, 6.07) is 0.271. The highest BCUT2D eigenvalue weighted by Crippen LogP contribution is 2.53. The average Bonchev–Trinajstić information content (AvgIpc) is 3.50. The highest BCUT2D eigenvalue weighted by Gasteiger charge is 2.49. The SMILES string of the molecule is O=C(NC1C2CC3CCCC1C(C3)C2)c1cnn(CCc2noc(=O)[nH]2)c1OCC1CCCCC1. The van der Waals surface area contributed by atoms with Gasteiger partial charge in [-0.2, -0.15) is 5.10 Å². The number of aromatic nitrogens is 4. The molecule has 9 nitrogen and oxygen atoms in total. The van der Waals surface area contributed by atoms with Crippen molar-refractivity contribution in [1.29, 1.82) is 0 Å². The molecule has 4 saturated carbocycles. The molecule has 0 saturated heterocycles. The maximum Gasteiger partial charge on any atom is 0.438 e. The van der Waals surface area contributed by atoms with Gasteiger partial charge in [0, 0.05) is 12.5 Å². The topological polar surface area (TPSA) is 115 Å². The first-order valence-corrected chi connectivity index (χ1v) is 13.7.